The van der Waals surface area contributed by atoms with Crippen molar-refractivity contribution < 1.29 is 24.5 Å². The zero-order chi connectivity index (χ0) is 58.5. The SMILES string of the molecule is CCCCCCCC/C=C\CCCCCCCC(=O)OCCCCCCCCCCCCCCCCCCCCCCCCCCCCCCCCC(=O)NC(CO)C(O)CCCCCCCCCCCCCCCCCCCCC. The Hall–Kier alpha value is -1.40. The zero-order valence-corrected chi connectivity index (χ0v) is 55.3. The first-order valence-electron chi connectivity index (χ1n) is 37.4. The van der Waals surface area contributed by atoms with Gasteiger partial charge in [-0.15, -0.1) is 0 Å². The molecule has 2 atom stereocenters. The highest BCUT2D eigenvalue weighted by atomic mass is 16.5. The lowest BCUT2D eigenvalue weighted by molar-refractivity contribution is -0.143. The van der Waals surface area contributed by atoms with Gasteiger partial charge in [0.05, 0.1) is 25.4 Å². The van der Waals surface area contributed by atoms with Crippen LogP contribution in [0.3, 0.4) is 0 Å². The highest BCUT2D eigenvalue weighted by Crippen LogP contribution is 2.20. The number of ether oxygens (including phenoxy) is 1. The maximum Gasteiger partial charge on any atom is 0.305 e. The van der Waals surface area contributed by atoms with Gasteiger partial charge in [-0.2, -0.15) is 0 Å². The lowest BCUT2D eigenvalue weighted by atomic mass is 10.0. The normalized spacial score (nSPS) is 12.5. The number of esters is 1. The van der Waals surface area contributed by atoms with Gasteiger partial charge in [0.25, 0.3) is 0 Å². The molecular weight excluding hydrogens is 995 g/mol. The van der Waals surface area contributed by atoms with Gasteiger partial charge in [0, 0.05) is 12.8 Å². The summed E-state index contributed by atoms with van der Waals surface area (Å²) in [7, 11) is 0. The van der Waals surface area contributed by atoms with Gasteiger partial charge in [-0.1, -0.05) is 379 Å². The van der Waals surface area contributed by atoms with Gasteiger partial charge in [-0.3, -0.25) is 9.59 Å². The van der Waals surface area contributed by atoms with Crippen molar-refractivity contribution in [3.8, 4) is 0 Å². The second kappa shape index (κ2) is 71.1. The van der Waals surface area contributed by atoms with E-state index in [2.05, 4.69) is 31.3 Å². The Bertz CT molecular complexity index is 1220. The number of carbonyl (C=O) groups is 2. The summed E-state index contributed by atoms with van der Waals surface area (Å²) in [5, 5.41) is 23.4. The van der Waals surface area contributed by atoms with Crippen molar-refractivity contribution in [3.05, 3.63) is 12.2 Å². The molecule has 0 aromatic carbocycles. The minimum Gasteiger partial charge on any atom is -0.466 e. The first-order chi connectivity index (χ1) is 40.0. The molecule has 0 heterocycles. The van der Waals surface area contributed by atoms with Gasteiger partial charge in [0.2, 0.25) is 5.91 Å². The van der Waals surface area contributed by atoms with Crippen LogP contribution in [0.4, 0.5) is 0 Å². The van der Waals surface area contributed by atoms with E-state index in [-0.39, 0.29) is 18.5 Å². The van der Waals surface area contributed by atoms with Crippen molar-refractivity contribution in [3.63, 3.8) is 0 Å². The van der Waals surface area contributed by atoms with Crippen molar-refractivity contribution in [2.45, 2.75) is 443 Å². The maximum absolute atomic E-state index is 12.5. The monoisotopic (exact) mass is 1140 g/mol. The van der Waals surface area contributed by atoms with Crippen LogP contribution in [0, 0.1) is 0 Å². The molecule has 0 saturated carbocycles. The van der Waals surface area contributed by atoms with Gasteiger partial charge in [0.15, 0.2) is 0 Å². The van der Waals surface area contributed by atoms with Crippen LogP contribution in [0.2, 0.25) is 0 Å². The lowest BCUT2D eigenvalue weighted by Crippen LogP contribution is -2.45. The molecule has 0 aliphatic heterocycles. The van der Waals surface area contributed by atoms with E-state index in [0.29, 0.717) is 25.9 Å². The number of aliphatic hydroxyl groups excluding tert-OH is 2. The van der Waals surface area contributed by atoms with Crippen LogP contribution in [0.1, 0.15) is 431 Å². The lowest BCUT2D eigenvalue weighted by Gasteiger charge is -2.22. The third-order valence-corrected chi connectivity index (χ3v) is 17.8. The molecule has 0 spiro atoms. The summed E-state index contributed by atoms with van der Waals surface area (Å²) in [6, 6.07) is -0.538. The van der Waals surface area contributed by atoms with Crippen molar-refractivity contribution in [1.82, 2.24) is 5.32 Å². The standard InChI is InChI=1S/C75H147NO5/c1-3-5-7-9-11-13-15-17-19-20-33-36-40-43-47-51-55-59-63-67-73(78)72(71-77)76-74(79)68-64-60-56-52-48-44-41-37-34-31-29-27-25-23-21-22-24-26-28-30-32-35-38-42-46-50-54-58-62-66-70-81-75(80)69-65-61-57-53-49-45-39-18-16-14-12-10-8-6-4-2/h18,39,72-73,77-78H,3-17,19-38,40-71H2,1-2H3,(H,76,79)/b39-18-. The number of nitrogens with one attached hydrogen (secondary N) is 1. The van der Waals surface area contributed by atoms with Crippen LogP contribution < -0.4 is 5.32 Å². The molecule has 0 aliphatic carbocycles. The van der Waals surface area contributed by atoms with E-state index in [9.17, 15) is 19.8 Å². The molecule has 3 N–H and O–H groups in total. The number of rotatable bonds is 71. The summed E-state index contributed by atoms with van der Waals surface area (Å²) in [6.07, 6.45) is 88.5. The summed E-state index contributed by atoms with van der Waals surface area (Å²) < 4.78 is 5.50. The molecule has 0 radical (unpaired) electrons. The van der Waals surface area contributed by atoms with E-state index in [0.717, 1.165) is 44.9 Å². The molecule has 81 heavy (non-hydrogen) atoms. The van der Waals surface area contributed by atoms with Crippen molar-refractivity contribution in [2.75, 3.05) is 13.2 Å². The number of carbonyl (C=O) groups excluding carboxylic acids is 2. The second-order valence-electron chi connectivity index (χ2n) is 26.0. The molecule has 2 unspecified atom stereocenters. The van der Waals surface area contributed by atoms with Gasteiger partial charge in [-0.25, -0.2) is 0 Å². The van der Waals surface area contributed by atoms with Crippen molar-refractivity contribution in [2.24, 2.45) is 0 Å². The molecule has 0 aliphatic rings. The molecule has 482 valence electrons. The van der Waals surface area contributed by atoms with Crippen LogP contribution in [0.5, 0.6) is 0 Å². The van der Waals surface area contributed by atoms with Crippen LogP contribution in [0.25, 0.3) is 0 Å². The molecular formula is C75H147NO5. The van der Waals surface area contributed by atoms with Crippen LogP contribution in [0.15, 0.2) is 12.2 Å². The molecule has 6 heteroatoms. The highest BCUT2D eigenvalue weighted by molar-refractivity contribution is 5.76. The molecule has 0 saturated heterocycles. The second-order valence-corrected chi connectivity index (χ2v) is 26.0. The van der Waals surface area contributed by atoms with Gasteiger partial charge < -0.3 is 20.3 Å². The molecule has 0 aromatic heterocycles. The average molecular weight is 1140 g/mol. The zero-order valence-electron chi connectivity index (χ0n) is 55.3. The van der Waals surface area contributed by atoms with E-state index in [1.807, 2.05) is 0 Å². The molecule has 0 bridgehead atoms. The number of aliphatic hydroxyl groups is 2. The summed E-state index contributed by atoms with van der Waals surface area (Å²) in [6.45, 7) is 4.99. The molecule has 1 amide bonds. The van der Waals surface area contributed by atoms with E-state index < -0.39 is 12.1 Å². The number of unbranched alkanes of at least 4 members (excludes halogenated alkanes) is 58. The summed E-state index contributed by atoms with van der Waals surface area (Å²) in [5.41, 5.74) is 0. The Balaban J connectivity index is 3.33. The van der Waals surface area contributed by atoms with Gasteiger partial charge >= 0.3 is 5.97 Å². The fourth-order valence-corrected chi connectivity index (χ4v) is 12.1. The third kappa shape index (κ3) is 67.6. The predicted molar refractivity (Wildman–Crippen MR) is 357 cm³/mol. The van der Waals surface area contributed by atoms with Crippen LogP contribution in [-0.4, -0.2) is 47.4 Å². The predicted octanol–water partition coefficient (Wildman–Crippen LogP) is 24.3. The third-order valence-electron chi connectivity index (χ3n) is 17.8. The van der Waals surface area contributed by atoms with E-state index in [1.165, 1.54) is 353 Å². The maximum atomic E-state index is 12.5. The van der Waals surface area contributed by atoms with E-state index in [1.54, 1.807) is 0 Å². The topological polar surface area (TPSA) is 95.9 Å². The van der Waals surface area contributed by atoms with Gasteiger partial charge in [0.1, 0.15) is 0 Å². The molecule has 0 aromatic rings. The van der Waals surface area contributed by atoms with Gasteiger partial charge in [-0.05, 0) is 51.4 Å². The fourth-order valence-electron chi connectivity index (χ4n) is 12.1. The Labute approximate surface area is 508 Å². The highest BCUT2D eigenvalue weighted by Gasteiger charge is 2.20. The number of allylic oxidation sites excluding steroid dienone is 2. The van der Waals surface area contributed by atoms with E-state index in [4.69, 9.17) is 4.74 Å². The first kappa shape index (κ1) is 79.6. The molecule has 0 rings (SSSR count). The summed E-state index contributed by atoms with van der Waals surface area (Å²) >= 11 is 0. The Morgan fingerprint density at radius 2 is 0.580 bits per heavy atom. The number of amides is 1. The quantitative estimate of drug-likeness (QED) is 0.0320. The van der Waals surface area contributed by atoms with Crippen LogP contribution in [-0.2, 0) is 14.3 Å². The Morgan fingerprint density at radius 3 is 0.877 bits per heavy atom. The minimum absolute atomic E-state index is 0.0133. The number of hydrogen-bond acceptors (Lipinski definition) is 5. The molecule has 0 fully saturated rings. The Morgan fingerprint density at radius 1 is 0.333 bits per heavy atom. The summed E-state index contributed by atoms with van der Waals surface area (Å²) in [5.74, 6) is -0.0129. The first-order valence-corrected chi connectivity index (χ1v) is 37.4. The largest absolute Gasteiger partial charge is 0.466 e. The fraction of sp³-hybridized carbons (Fsp3) is 0.947. The van der Waals surface area contributed by atoms with Crippen molar-refractivity contribution >= 4 is 11.9 Å². The molecule has 6 nitrogen and oxygen atoms in total. The van der Waals surface area contributed by atoms with Crippen molar-refractivity contribution in [1.29, 1.82) is 0 Å². The average Bonchev–Trinajstić information content (AvgIpc) is 3.47. The minimum atomic E-state index is -0.662. The number of hydrogen-bond donors (Lipinski definition) is 3. The van der Waals surface area contributed by atoms with E-state index >= 15 is 0 Å². The smallest absolute Gasteiger partial charge is 0.305 e. The van der Waals surface area contributed by atoms with Crippen LogP contribution >= 0.6 is 0 Å². The summed E-state index contributed by atoms with van der Waals surface area (Å²) in [4.78, 5) is 24.6. The Kier molecular flexibility index (Phi) is 69.9.